The lowest BCUT2D eigenvalue weighted by Crippen LogP contribution is -1.86. The van der Waals surface area contributed by atoms with Crippen LogP contribution in [0.3, 0.4) is 0 Å². The molecule has 4 aromatic rings. The first-order chi connectivity index (χ1) is 13.3. The van der Waals surface area contributed by atoms with Gasteiger partial charge in [0.05, 0.1) is 0 Å². The van der Waals surface area contributed by atoms with Crippen molar-refractivity contribution < 1.29 is 4.42 Å². The molecule has 0 fully saturated rings. The smallest absolute Gasteiger partial charge is 0.160 e. The third kappa shape index (κ3) is 3.85. The summed E-state index contributed by atoms with van der Waals surface area (Å²) in [6.07, 6.45) is 3.99. The highest BCUT2D eigenvalue weighted by molar-refractivity contribution is 6.13. The zero-order valence-electron chi connectivity index (χ0n) is 16.4. The summed E-state index contributed by atoms with van der Waals surface area (Å²) in [5.74, 6) is 0. The molecule has 0 aliphatic carbocycles. The fraction of sp³-hybridized carbons (Fsp3) is 0.160. The van der Waals surface area contributed by atoms with Gasteiger partial charge < -0.3 is 4.42 Å². The number of aliphatic imine (C=N–C) groups is 1. The van der Waals surface area contributed by atoms with Crippen molar-refractivity contribution in [2.24, 2.45) is 4.99 Å². The number of allylic oxidation sites excluding steroid dienone is 2. The molecular formula is C25H25NO. The van der Waals surface area contributed by atoms with Gasteiger partial charge in [0.2, 0.25) is 0 Å². The molecule has 0 saturated carbocycles. The number of furan rings is 1. The van der Waals surface area contributed by atoms with E-state index in [4.69, 9.17) is 9.41 Å². The standard InChI is InChI=1S/C23H19NO.C2H6/c1-3-17(18-13-11-16(2)12-14-18)15-24-21-9-6-8-20-19-7-4-5-10-22(19)25-23(20)21;1-2/h3-15H,1-2H3;1-2H3/b17-3+,24-15?;. The molecule has 1 heterocycles. The summed E-state index contributed by atoms with van der Waals surface area (Å²) in [5, 5.41) is 2.22. The van der Waals surface area contributed by atoms with Gasteiger partial charge in [-0.15, -0.1) is 0 Å². The summed E-state index contributed by atoms with van der Waals surface area (Å²) in [6, 6.07) is 22.7. The minimum absolute atomic E-state index is 0.833. The fourth-order valence-corrected chi connectivity index (χ4v) is 3.03. The van der Waals surface area contributed by atoms with Crippen LogP contribution in [-0.4, -0.2) is 6.21 Å². The van der Waals surface area contributed by atoms with Gasteiger partial charge in [-0.3, -0.25) is 4.99 Å². The van der Waals surface area contributed by atoms with E-state index >= 15 is 0 Å². The first-order valence-electron chi connectivity index (χ1n) is 9.44. The molecule has 4 rings (SSSR count). The Labute approximate surface area is 160 Å². The van der Waals surface area contributed by atoms with E-state index < -0.39 is 0 Å². The first-order valence-corrected chi connectivity index (χ1v) is 9.44. The van der Waals surface area contributed by atoms with Gasteiger partial charge in [-0.25, -0.2) is 0 Å². The molecule has 0 unspecified atom stereocenters. The van der Waals surface area contributed by atoms with E-state index in [-0.39, 0.29) is 0 Å². The van der Waals surface area contributed by atoms with Crippen molar-refractivity contribution in [2.45, 2.75) is 27.7 Å². The Balaban J connectivity index is 0.00000102. The quantitative estimate of drug-likeness (QED) is 0.345. The molecule has 0 aliphatic rings. The maximum Gasteiger partial charge on any atom is 0.160 e. The topological polar surface area (TPSA) is 25.5 Å². The Hall–Kier alpha value is -3.13. The van der Waals surface area contributed by atoms with Gasteiger partial charge in [-0.1, -0.05) is 80.1 Å². The molecule has 0 spiro atoms. The van der Waals surface area contributed by atoms with E-state index in [0.717, 1.165) is 38.8 Å². The highest BCUT2D eigenvalue weighted by Gasteiger charge is 2.09. The van der Waals surface area contributed by atoms with Crippen LogP contribution in [0.2, 0.25) is 0 Å². The minimum atomic E-state index is 0.833. The van der Waals surface area contributed by atoms with E-state index in [1.807, 2.05) is 57.3 Å². The molecule has 0 amide bonds. The number of nitrogens with zero attached hydrogens (tertiary/aromatic N) is 1. The van der Waals surface area contributed by atoms with Crippen LogP contribution >= 0.6 is 0 Å². The molecule has 0 bridgehead atoms. The van der Waals surface area contributed by atoms with Crippen LogP contribution in [0, 0.1) is 6.92 Å². The zero-order valence-corrected chi connectivity index (χ0v) is 16.4. The second kappa shape index (κ2) is 8.50. The zero-order chi connectivity index (χ0) is 19.2. The van der Waals surface area contributed by atoms with Gasteiger partial charge in [-0.2, -0.15) is 0 Å². The molecule has 1 aromatic heterocycles. The fourth-order valence-electron chi connectivity index (χ4n) is 3.03. The van der Waals surface area contributed by atoms with Crippen molar-refractivity contribution in [3.05, 3.63) is 83.9 Å². The van der Waals surface area contributed by atoms with Gasteiger partial charge in [0.25, 0.3) is 0 Å². The van der Waals surface area contributed by atoms with Gasteiger partial charge in [0, 0.05) is 17.0 Å². The van der Waals surface area contributed by atoms with Crippen LogP contribution < -0.4 is 0 Å². The average Bonchev–Trinajstić information content (AvgIpc) is 3.11. The Kier molecular flexibility index (Phi) is 5.87. The largest absolute Gasteiger partial charge is 0.454 e. The third-order valence-electron chi connectivity index (χ3n) is 4.42. The average molecular weight is 355 g/mol. The number of hydrogen-bond acceptors (Lipinski definition) is 2. The SMILES string of the molecule is C/C=C(\C=Nc1cccc2c1oc1ccccc12)c1ccc(C)cc1.CC. The van der Waals surface area contributed by atoms with Crippen molar-refractivity contribution in [2.75, 3.05) is 0 Å². The molecular weight excluding hydrogens is 330 g/mol. The lowest BCUT2D eigenvalue weighted by molar-refractivity contribution is 0.669. The maximum atomic E-state index is 6.04. The molecule has 2 heteroatoms. The summed E-state index contributed by atoms with van der Waals surface area (Å²) >= 11 is 0. The molecule has 136 valence electrons. The summed E-state index contributed by atoms with van der Waals surface area (Å²) in [4.78, 5) is 4.71. The monoisotopic (exact) mass is 355 g/mol. The summed E-state index contributed by atoms with van der Waals surface area (Å²) in [6.45, 7) is 8.12. The van der Waals surface area contributed by atoms with Gasteiger partial charge in [-0.05, 0) is 37.1 Å². The molecule has 0 aliphatic heterocycles. The van der Waals surface area contributed by atoms with E-state index in [2.05, 4.69) is 49.4 Å². The molecule has 3 aromatic carbocycles. The van der Waals surface area contributed by atoms with Crippen LogP contribution in [0.5, 0.6) is 0 Å². The number of benzene rings is 3. The van der Waals surface area contributed by atoms with Gasteiger partial charge in [0.15, 0.2) is 5.58 Å². The summed E-state index contributed by atoms with van der Waals surface area (Å²) in [7, 11) is 0. The Bertz CT molecular complexity index is 1100. The Morgan fingerprint density at radius 3 is 2.30 bits per heavy atom. The molecule has 2 nitrogen and oxygen atoms in total. The number of fused-ring (bicyclic) bond motifs is 3. The predicted octanol–water partition coefficient (Wildman–Crippen LogP) is 7.73. The van der Waals surface area contributed by atoms with Crippen LogP contribution in [0.1, 0.15) is 31.9 Å². The highest BCUT2D eigenvalue weighted by Crippen LogP contribution is 2.34. The van der Waals surface area contributed by atoms with E-state index in [9.17, 15) is 0 Å². The molecule has 0 N–H and O–H groups in total. The summed E-state index contributed by atoms with van der Waals surface area (Å²) < 4.78 is 6.04. The van der Waals surface area contributed by atoms with Crippen molar-refractivity contribution >= 4 is 39.4 Å². The lowest BCUT2D eigenvalue weighted by atomic mass is 10.1. The van der Waals surface area contributed by atoms with E-state index in [1.54, 1.807) is 0 Å². The number of hydrogen-bond donors (Lipinski definition) is 0. The maximum absolute atomic E-state index is 6.04. The highest BCUT2D eigenvalue weighted by atomic mass is 16.3. The van der Waals surface area contributed by atoms with Crippen molar-refractivity contribution in [1.82, 2.24) is 0 Å². The van der Waals surface area contributed by atoms with E-state index in [0.29, 0.717) is 0 Å². The van der Waals surface area contributed by atoms with Crippen LogP contribution in [0.4, 0.5) is 5.69 Å². The van der Waals surface area contributed by atoms with Crippen molar-refractivity contribution in [1.29, 1.82) is 0 Å². The van der Waals surface area contributed by atoms with E-state index in [1.165, 1.54) is 5.56 Å². The number of aryl methyl sites for hydroxylation is 1. The van der Waals surface area contributed by atoms with Crippen molar-refractivity contribution in [3.63, 3.8) is 0 Å². The first kappa shape index (κ1) is 18.7. The number of rotatable bonds is 3. The normalized spacial score (nSPS) is 11.8. The predicted molar refractivity (Wildman–Crippen MR) is 118 cm³/mol. The molecule has 0 radical (unpaired) electrons. The van der Waals surface area contributed by atoms with Crippen LogP contribution in [0.25, 0.3) is 27.5 Å². The van der Waals surface area contributed by atoms with Gasteiger partial charge in [0.1, 0.15) is 11.3 Å². The molecule has 0 saturated heterocycles. The molecule has 0 atom stereocenters. The van der Waals surface area contributed by atoms with Crippen LogP contribution in [0.15, 0.2) is 82.2 Å². The second-order valence-electron chi connectivity index (χ2n) is 6.12. The third-order valence-corrected chi connectivity index (χ3v) is 4.42. The second-order valence-corrected chi connectivity index (χ2v) is 6.12. The molecule has 27 heavy (non-hydrogen) atoms. The minimum Gasteiger partial charge on any atom is -0.454 e. The van der Waals surface area contributed by atoms with Crippen molar-refractivity contribution in [3.8, 4) is 0 Å². The van der Waals surface area contributed by atoms with Gasteiger partial charge >= 0.3 is 0 Å². The lowest BCUT2D eigenvalue weighted by Gasteiger charge is -2.02. The summed E-state index contributed by atoms with van der Waals surface area (Å²) in [5.41, 5.74) is 6.08. The number of para-hydroxylation sites is 2. The Morgan fingerprint density at radius 2 is 1.56 bits per heavy atom. The van der Waals surface area contributed by atoms with Crippen LogP contribution in [-0.2, 0) is 0 Å². The Morgan fingerprint density at radius 1 is 0.852 bits per heavy atom.